The maximum Gasteiger partial charge on any atom is 0.246 e. The molecule has 43 nitrogen and oxygen atoms in total. The zero-order chi connectivity index (χ0) is 99.6. The molecule has 0 bridgehead atoms. The fraction of sp³-hybridized carbons (Fsp3) is 0.522. The van der Waals surface area contributed by atoms with Crippen molar-refractivity contribution in [1.82, 2.24) is 98.0 Å². The second kappa shape index (κ2) is 52.7. The minimum atomic E-state index is -1.88. The van der Waals surface area contributed by atoms with Gasteiger partial charge in [0.05, 0.1) is 37.7 Å². The van der Waals surface area contributed by atoms with Gasteiger partial charge in [-0.25, -0.2) is 4.98 Å². The van der Waals surface area contributed by atoms with E-state index >= 15 is 38.4 Å². The fourth-order valence-corrected chi connectivity index (χ4v) is 17.2. The summed E-state index contributed by atoms with van der Waals surface area (Å²) in [6, 6.07) is 2.33. The number of thioether (sulfide) groups is 1. The molecular weight excluding hydrogens is 1780 g/mol. The summed E-state index contributed by atoms with van der Waals surface area (Å²) < 4.78 is 0. The smallest absolute Gasteiger partial charge is 0.246 e. The van der Waals surface area contributed by atoms with Crippen LogP contribution in [0, 0.1) is 17.2 Å². The van der Waals surface area contributed by atoms with Gasteiger partial charge in [-0.3, -0.25) is 91.7 Å². The van der Waals surface area contributed by atoms with Crippen LogP contribution in [0.3, 0.4) is 0 Å². The van der Waals surface area contributed by atoms with E-state index in [1.54, 1.807) is 105 Å². The zero-order valence-electron chi connectivity index (χ0n) is 77.9. The number of hydrogen-bond acceptors (Lipinski definition) is 22. The van der Waals surface area contributed by atoms with Crippen molar-refractivity contribution < 1.29 is 91.4 Å². The minimum absolute atomic E-state index is 0.00789. The Labute approximate surface area is 791 Å². The second-order valence-electron chi connectivity index (χ2n) is 34.8. The number of guanidine groups is 1. The number of primary amides is 3. The number of hydrogen-bond donors (Lipinski definition) is 20. The lowest BCUT2D eigenvalue weighted by Crippen LogP contribution is -2.61. The molecule has 8 rings (SSSR count). The van der Waals surface area contributed by atoms with Crippen LogP contribution in [0.2, 0.25) is 0 Å². The van der Waals surface area contributed by atoms with Gasteiger partial charge in [0.15, 0.2) is 11.7 Å². The molecule has 0 radical (unpaired) electrons. The van der Waals surface area contributed by atoms with Crippen LogP contribution in [0.1, 0.15) is 153 Å². The van der Waals surface area contributed by atoms with E-state index in [1.807, 2.05) is 13.8 Å². The number of nitrogens with two attached hydrogens (primary N) is 4. The van der Waals surface area contributed by atoms with Crippen LogP contribution in [-0.2, 0) is 112 Å². The summed E-state index contributed by atoms with van der Waals surface area (Å²) >= 11 is 0.788. The Hall–Kier alpha value is -13.8. The number of imidazole rings is 1. The number of fused-ring (bicyclic) bond motifs is 3. The number of likely N-dealkylation sites (N-methyl/N-ethyl adjacent to an activating group) is 3. The van der Waals surface area contributed by atoms with Crippen molar-refractivity contribution >= 4 is 146 Å². The Morgan fingerprint density at radius 2 is 1.10 bits per heavy atom. The molecule has 17 amide bonds. The number of rotatable bonds is 29. The number of aliphatic hydroxyl groups excluding tert-OH is 1. The molecular formula is C92H130N24O19S. The summed E-state index contributed by atoms with van der Waals surface area (Å²) in [7, 11) is 3.94. The van der Waals surface area contributed by atoms with Gasteiger partial charge in [-0.15, -0.1) is 11.8 Å². The first-order chi connectivity index (χ1) is 64.8. The molecule has 2 saturated heterocycles. The molecule has 0 spiro atoms. The molecule has 738 valence electrons. The number of para-hydroxylation sites is 2. The maximum atomic E-state index is 15.8. The fourth-order valence-electron chi connectivity index (χ4n) is 16.4. The largest absolute Gasteiger partial charge is 0.394 e. The number of aromatic nitrogens is 4. The molecule has 0 unspecified atom stereocenters. The Bertz CT molecular complexity index is 5210. The molecule has 2 fully saturated rings. The molecule has 24 N–H and O–H groups in total. The number of nitrogens with zero attached hydrogens (tertiary/aromatic N) is 5. The summed E-state index contributed by atoms with van der Waals surface area (Å²) in [6.45, 7) is 6.50. The Kier molecular flexibility index (Phi) is 41.7. The number of benzene rings is 3. The van der Waals surface area contributed by atoms with E-state index in [1.165, 1.54) is 40.6 Å². The Morgan fingerprint density at radius 1 is 0.537 bits per heavy atom. The summed E-state index contributed by atoms with van der Waals surface area (Å²) in [4.78, 5) is 281. The lowest BCUT2D eigenvalue weighted by atomic mass is 9.89. The molecule has 0 saturated carbocycles. The van der Waals surface area contributed by atoms with Crippen molar-refractivity contribution in [2.75, 3.05) is 58.9 Å². The van der Waals surface area contributed by atoms with Gasteiger partial charge in [0.1, 0.15) is 72.5 Å². The quantitative estimate of drug-likeness (QED) is 0.0141. The highest BCUT2D eigenvalue weighted by Gasteiger charge is 2.44. The van der Waals surface area contributed by atoms with Crippen LogP contribution in [0.4, 0.5) is 0 Å². The first kappa shape index (κ1) is 108. The SMILES string of the molecule is CCCC[C@H]1C(=O)N(C)[C@@H](CCCC)C(=O)N[C@@H](CCCNC(=N)N)C(=O)N[C@H](C(=O)NCC(N)=O)CSCC(=O)N[C@@H](Cc2ccccc2)C(=O)N(C)[C@@H](C)C(=O)N[C@@H](CC(N)=O)C(=O)N2CCC[C@H]2C(=O)N[C@@H](Cc2cnc[nH]2)C(=O)N[C@@H](CC(C)C)C(=O)N[C@@H](CCC(N)=O)C(=O)C[C@@H](Cc2c[nH]c3ccccc23)C(=O)N[C@@H](CO)C(=O)N[C@@H](Cc2c[nH]c3ccccc23)C(=O)N1C. The maximum absolute atomic E-state index is 15.8. The topological polar surface area (TPSA) is 661 Å². The molecule has 44 heteroatoms. The van der Waals surface area contributed by atoms with E-state index in [0.29, 0.717) is 69.9 Å². The highest BCUT2D eigenvalue weighted by Crippen LogP contribution is 2.28. The van der Waals surface area contributed by atoms with E-state index in [0.717, 1.165) is 31.4 Å². The number of carbonyl (C=O) groups excluding carboxylic acids is 18. The van der Waals surface area contributed by atoms with Gasteiger partial charge in [0.2, 0.25) is 100 Å². The lowest BCUT2D eigenvalue weighted by Gasteiger charge is -2.36. The van der Waals surface area contributed by atoms with Crippen molar-refractivity contribution in [3.8, 4) is 0 Å². The first-order valence-electron chi connectivity index (χ1n) is 45.7. The van der Waals surface area contributed by atoms with Crippen LogP contribution in [0.15, 0.2) is 104 Å². The predicted octanol–water partition coefficient (Wildman–Crippen LogP) is -1.76. The molecule has 2 aliphatic heterocycles. The van der Waals surface area contributed by atoms with Crippen molar-refractivity contribution in [2.24, 2.45) is 34.8 Å². The number of amides is 17. The van der Waals surface area contributed by atoms with Crippen LogP contribution < -0.4 is 81.4 Å². The number of carbonyl (C=O) groups is 18. The van der Waals surface area contributed by atoms with Gasteiger partial charge in [-0.05, 0) is 99.5 Å². The van der Waals surface area contributed by atoms with Crippen LogP contribution >= 0.6 is 11.8 Å². The van der Waals surface area contributed by atoms with Crippen molar-refractivity contribution in [2.45, 2.75) is 235 Å². The van der Waals surface area contributed by atoms with Gasteiger partial charge in [0.25, 0.3) is 0 Å². The Balaban J connectivity index is 1.21. The number of unbranched alkanes of at least 4 members (excludes halogenated alkanes) is 2. The van der Waals surface area contributed by atoms with Crippen molar-refractivity contribution in [3.05, 3.63) is 126 Å². The van der Waals surface area contributed by atoms with E-state index in [2.05, 4.69) is 78.4 Å². The van der Waals surface area contributed by atoms with Crippen molar-refractivity contribution in [1.29, 1.82) is 5.41 Å². The monoisotopic (exact) mass is 1910 g/mol. The van der Waals surface area contributed by atoms with Gasteiger partial charge in [-0.1, -0.05) is 120 Å². The number of ketones is 1. The van der Waals surface area contributed by atoms with E-state index in [9.17, 15) is 53.1 Å². The molecule has 14 atom stereocenters. The number of H-pyrrole nitrogens is 3. The molecule has 5 heterocycles. The summed E-state index contributed by atoms with van der Waals surface area (Å²) in [5.74, 6) is -19.9. The number of aromatic amines is 3. The van der Waals surface area contributed by atoms with Crippen molar-refractivity contribution in [3.63, 3.8) is 0 Å². The summed E-state index contributed by atoms with van der Waals surface area (Å²) in [6.07, 6.45) is 3.94. The third kappa shape index (κ3) is 31.7. The van der Waals surface area contributed by atoms with Gasteiger partial charge in [-0.2, -0.15) is 0 Å². The van der Waals surface area contributed by atoms with E-state index in [-0.39, 0.29) is 89.6 Å². The lowest BCUT2D eigenvalue weighted by molar-refractivity contribution is -0.149. The average Bonchev–Trinajstić information content (AvgIpc) is 1.11. The zero-order valence-corrected chi connectivity index (χ0v) is 78.7. The second-order valence-corrected chi connectivity index (χ2v) is 35.8. The molecule has 3 aromatic carbocycles. The minimum Gasteiger partial charge on any atom is -0.394 e. The van der Waals surface area contributed by atoms with Crippen LogP contribution in [0.5, 0.6) is 0 Å². The first-order valence-corrected chi connectivity index (χ1v) is 46.8. The molecule has 0 aliphatic carbocycles. The molecule has 6 aromatic rings. The number of Topliss-reactive ketones (excluding diaryl/α,β-unsaturated/α-hetero) is 1. The van der Waals surface area contributed by atoms with E-state index < -0.39 is 247 Å². The average molecular weight is 1910 g/mol. The molecule has 3 aromatic heterocycles. The summed E-state index contributed by atoms with van der Waals surface area (Å²) in [5.41, 5.74) is 25.7. The highest BCUT2D eigenvalue weighted by atomic mass is 32.2. The normalized spacial score (nSPS) is 23.7. The predicted molar refractivity (Wildman–Crippen MR) is 504 cm³/mol. The van der Waals surface area contributed by atoms with Crippen LogP contribution in [0.25, 0.3) is 21.8 Å². The van der Waals surface area contributed by atoms with Gasteiger partial charge >= 0.3 is 0 Å². The standard InChI is InChI=1S/C92H130N24O19S/c1-9-11-29-71-86(130)106-63(28-20-34-99-92(96)97)82(126)112-70(81(125)102-46-77(95)121)48-136-49-78(122)104-66(37-53-22-14-13-15-23-53)88(132)113(6)52(5)79(123)109-68(42-76(94)120)90(134)116-35-21-31-72(116)87(131)108-65(41-57-45-98-50-103-57)84(128)107-64(36-51(3)4)83(127)105-62(32-33-75(93)119)74(118)40-54(38-55-43-100-60-26-18-16-24-58(55)60)80(124)111-69(47-117)85(129)110-67(39-56-44-101-61-27-19-17-25-59(56)61)89(133)115(8)73(30-12-10-2)91(135)114(71)7/h13-19,22-27,43-45,50-52,54,62-73,100-101,117H,9-12,20-21,28-42,46-49H2,1-8H3,(H2,93,119)(H2,94,120)(H2,95,121)(H,98,103)(H,102,125)(H,104,122)(H,105,127)(H,106,130)(H,107,128)(H,108,131)(H,109,123)(H,110,129)(H,111,124)(H,112,126)(H4,96,97,99)/t52-,54+,62-,63-,64-,65-,66-,67-,68-,69-,70-,71-,72-,73-/m0/s1. The highest BCUT2D eigenvalue weighted by molar-refractivity contribution is 8.00. The van der Waals surface area contributed by atoms with Crippen LogP contribution in [-0.4, -0.2) is 294 Å². The number of nitrogens with one attached hydrogen (secondary N) is 15. The molecule has 2 aliphatic rings. The molecule has 136 heavy (non-hydrogen) atoms. The third-order valence-corrected chi connectivity index (χ3v) is 25.0. The number of aliphatic hydroxyl groups is 1. The van der Waals surface area contributed by atoms with E-state index in [4.69, 9.17) is 28.3 Å². The third-order valence-electron chi connectivity index (χ3n) is 24.0. The Morgan fingerprint density at radius 3 is 1.71 bits per heavy atom. The van der Waals surface area contributed by atoms with Gasteiger partial charge < -0.3 is 121 Å². The van der Waals surface area contributed by atoms with Gasteiger partial charge in [0, 0.05) is 124 Å². The summed E-state index contributed by atoms with van der Waals surface area (Å²) in [5, 5.41) is 49.4.